The number of benzene rings is 1. The van der Waals surface area contributed by atoms with E-state index in [-0.39, 0.29) is 5.82 Å². The molecule has 9 heteroatoms. The highest BCUT2D eigenvalue weighted by atomic mass is 35.5. The van der Waals surface area contributed by atoms with Gasteiger partial charge in [0.15, 0.2) is 0 Å². The third-order valence-corrected chi connectivity index (χ3v) is 7.49. The van der Waals surface area contributed by atoms with Crippen molar-refractivity contribution in [3.8, 4) is 0 Å². The Balaban J connectivity index is 1.73. The van der Waals surface area contributed by atoms with Crippen LogP contribution in [0.4, 0.5) is 4.39 Å². The maximum absolute atomic E-state index is 14.0. The number of aromatic nitrogens is 2. The summed E-state index contributed by atoms with van der Waals surface area (Å²) in [6.45, 7) is 8.17. The van der Waals surface area contributed by atoms with E-state index in [0.717, 1.165) is 0 Å². The molecule has 2 heterocycles. The van der Waals surface area contributed by atoms with Crippen LogP contribution in [0.15, 0.2) is 23.1 Å². The van der Waals surface area contributed by atoms with Gasteiger partial charge >= 0.3 is 0 Å². The van der Waals surface area contributed by atoms with Gasteiger partial charge in [0.1, 0.15) is 10.7 Å². The number of hydrogen-bond donors (Lipinski definition) is 0. The van der Waals surface area contributed by atoms with E-state index < -0.39 is 10.0 Å². The van der Waals surface area contributed by atoms with Gasteiger partial charge in [-0.25, -0.2) is 12.8 Å². The van der Waals surface area contributed by atoms with E-state index in [1.165, 1.54) is 10.4 Å². The molecule has 0 unspecified atom stereocenters. The Morgan fingerprint density at radius 3 is 2.41 bits per heavy atom. The summed E-state index contributed by atoms with van der Waals surface area (Å²) in [5, 5.41) is 4.72. The number of piperazine rings is 1. The van der Waals surface area contributed by atoms with Crippen LogP contribution in [0.3, 0.4) is 0 Å². The van der Waals surface area contributed by atoms with E-state index in [2.05, 4.69) is 5.10 Å². The third-order valence-electron chi connectivity index (χ3n) is 4.99. The zero-order chi connectivity index (χ0) is 19.8. The molecule has 0 spiro atoms. The van der Waals surface area contributed by atoms with Crippen LogP contribution in [0.25, 0.3) is 0 Å². The minimum absolute atomic E-state index is 0.301. The molecule has 1 saturated heterocycles. The molecule has 1 aromatic carbocycles. The zero-order valence-corrected chi connectivity index (χ0v) is 17.3. The van der Waals surface area contributed by atoms with Crippen LogP contribution in [-0.4, -0.2) is 53.6 Å². The van der Waals surface area contributed by atoms with Gasteiger partial charge in [0, 0.05) is 49.9 Å². The Labute approximate surface area is 164 Å². The number of halogens is 2. The lowest BCUT2D eigenvalue weighted by Crippen LogP contribution is -2.48. The summed E-state index contributed by atoms with van der Waals surface area (Å²) in [6, 6.07) is 4.63. The van der Waals surface area contributed by atoms with Crippen molar-refractivity contribution in [1.82, 2.24) is 19.0 Å². The van der Waals surface area contributed by atoms with Crippen molar-refractivity contribution >= 4 is 21.6 Å². The molecule has 1 aromatic heterocycles. The van der Waals surface area contributed by atoms with Crippen LogP contribution >= 0.6 is 11.6 Å². The molecule has 2 aromatic rings. The van der Waals surface area contributed by atoms with Crippen LogP contribution in [0, 0.1) is 19.7 Å². The first-order valence-corrected chi connectivity index (χ1v) is 10.8. The molecule has 1 fully saturated rings. The number of hydrogen-bond acceptors (Lipinski definition) is 4. The lowest BCUT2D eigenvalue weighted by atomic mass is 10.2. The predicted octanol–water partition coefficient (Wildman–Crippen LogP) is 2.82. The van der Waals surface area contributed by atoms with Crippen molar-refractivity contribution in [1.29, 1.82) is 0 Å². The average molecular weight is 415 g/mol. The van der Waals surface area contributed by atoms with Gasteiger partial charge in [-0.1, -0.05) is 17.7 Å². The highest BCUT2D eigenvalue weighted by Gasteiger charge is 2.33. The second-order valence-electron chi connectivity index (χ2n) is 6.70. The maximum Gasteiger partial charge on any atom is 0.246 e. The van der Waals surface area contributed by atoms with E-state index >= 15 is 0 Å². The van der Waals surface area contributed by atoms with Gasteiger partial charge in [-0.2, -0.15) is 9.40 Å². The standard InChI is InChI=1S/C18H24ClFN4O2S/c1-4-24-14(3)18(13(2)21-24)27(25,26)23-10-8-22(9-11-23)12-15-16(19)6-5-7-17(15)20/h5-7H,4,8-12H2,1-3H3. The summed E-state index contributed by atoms with van der Waals surface area (Å²) in [5.74, 6) is -0.337. The summed E-state index contributed by atoms with van der Waals surface area (Å²) >= 11 is 6.10. The summed E-state index contributed by atoms with van der Waals surface area (Å²) in [5.41, 5.74) is 1.64. The Morgan fingerprint density at radius 1 is 1.19 bits per heavy atom. The zero-order valence-electron chi connectivity index (χ0n) is 15.7. The van der Waals surface area contributed by atoms with Crippen LogP contribution < -0.4 is 0 Å². The van der Waals surface area contributed by atoms with Gasteiger partial charge in [-0.3, -0.25) is 9.58 Å². The van der Waals surface area contributed by atoms with Gasteiger partial charge in [-0.05, 0) is 32.9 Å². The maximum atomic E-state index is 14.0. The van der Waals surface area contributed by atoms with E-state index in [9.17, 15) is 12.8 Å². The Hall–Kier alpha value is -1.48. The molecule has 148 valence electrons. The number of nitrogens with zero attached hydrogens (tertiary/aromatic N) is 4. The van der Waals surface area contributed by atoms with E-state index in [1.54, 1.807) is 30.7 Å². The number of sulfonamides is 1. The first-order chi connectivity index (χ1) is 12.8. The predicted molar refractivity (Wildman–Crippen MR) is 103 cm³/mol. The van der Waals surface area contributed by atoms with Gasteiger partial charge in [0.2, 0.25) is 10.0 Å². The molecule has 1 aliphatic rings. The number of aryl methyl sites for hydroxylation is 2. The van der Waals surface area contributed by atoms with Gasteiger partial charge in [0.05, 0.1) is 11.4 Å². The van der Waals surface area contributed by atoms with E-state index in [4.69, 9.17) is 11.6 Å². The first kappa shape index (κ1) is 20.3. The summed E-state index contributed by atoms with van der Waals surface area (Å²) in [4.78, 5) is 2.32. The monoisotopic (exact) mass is 414 g/mol. The fourth-order valence-corrected chi connectivity index (χ4v) is 5.54. The average Bonchev–Trinajstić information content (AvgIpc) is 2.93. The second-order valence-corrected chi connectivity index (χ2v) is 8.98. The molecule has 6 nitrogen and oxygen atoms in total. The van der Waals surface area contributed by atoms with Crippen LogP contribution in [0.5, 0.6) is 0 Å². The lowest BCUT2D eigenvalue weighted by molar-refractivity contribution is 0.180. The Morgan fingerprint density at radius 2 is 1.85 bits per heavy atom. The molecule has 0 radical (unpaired) electrons. The van der Waals surface area contributed by atoms with Gasteiger partial charge in [-0.15, -0.1) is 0 Å². The van der Waals surface area contributed by atoms with Crippen molar-refractivity contribution in [3.63, 3.8) is 0 Å². The molecule has 27 heavy (non-hydrogen) atoms. The third kappa shape index (κ3) is 3.89. The minimum Gasteiger partial charge on any atom is -0.296 e. The van der Waals surface area contributed by atoms with Crippen molar-refractivity contribution in [2.75, 3.05) is 26.2 Å². The SMILES string of the molecule is CCn1nc(C)c(S(=O)(=O)N2CCN(Cc3c(F)cccc3Cl)CC2)c1C. The molecule has 1 aliphatic heterocycles. The van der Waals surface area contributed by atoms with Crippen LogP contribution in [-0.2, 0) is 23.1 Å². The summed E-state index contributed by atoms with van der Waals surface area (Å²) in [6.07, 6.45) is 0. The van der Waals surface area contributed by atoms with Crippen molar-refractivity contribution in [2.24, 2.45) is 0 Å². The molecular weight excluding hydrogens is 391 g/mol. The second kappa shape index (κ2) is 7.87. The molecule has 0 N–H and O–H groups in total. The normalized spacial score (nSPS) is 16.8. The van der Waals surface area contributed by atoms with Crippen LogP contribution in [0.1, 0.15) is 23.9 Å². The summed E-state index contributed by atoms with van der Waals surface area (Å²) in [7, 11) is -3.60. The van der Waals surface area contributed by atoms with E-state index in [1.807, 2.05) is 11.8 Å². The Kier molecular flexibility index (Phi) is 5.90. The molecule has 0 aliphatic carbocycles. The smallest absolute Gasteiger partial charge is 0.246 e. The first-order valence-electron chi connectivity index (χ1n) is 8.95. The lowest BCUT2D eigenvalue weighted by Gasteiger charge is -2.34. The fourth-order valence-electron chi connectivity index (χ4n) is 3.53. The topological polar surface area (TPSA) is 58.4 Å². The molecule has 3 rings (SSSR count). The molecule has 0 amide bonds. The Bertz CT molecular complexity index is 917. The highest BCUT2D eigenvalue weighted by molar-refractivity contribution is 7.89. The largest absolute Gasteiger partial charge is 0.296 e. The molecular formula is C18H24ClFN4O2S. The molecule has 0 bridgehead atoms. The van der Waals surface area contributed by atoms with Crippen molar-refractivity contribution in [2.45, 2.75) is 38.8 Å². The van der Waals surface area contributed by atoms with Crippen molar-refractivity contribution in [3.05, 3.63) is 46.0 Å². The minimum atomic E-state index is -3.60. The molecule has 0 atom stereocenters. The van der Waals surface area contributed by atoms with Gasteiger partial charge < -0.3 is 0 Å². The van der Waals surface area contributed by atoms with Crippen LogP contribution in [0.2, 0.25) is 5.02 Å². The fraction of sp³-hybridized carbons (Fsp3) is 0.500. The highest BCUT2D eigenvalue weighted by Crippen LogP contribution is 2.26. The number of rotatable bonds is 5. The van der Waals surface area contributed by atoms with Crippen molar-refractivity contribution < 1.29 is 12.8 Å². The summed E-state index contributed by atoms with van der Waals surface area (Å²) < 4.78 is 43.4. The quantitative estimate of drug-likeness (QED) is 0.754. The molecule has 0 saturated carbocycles. The van der Waals surface area contributed by atoms with E-state index in [0.29, 0.717) is 66.1 Å². The van der Waals surface area contributed by atoms with Gasteiger partial charge in [0.25, 0.3) is 0 Å².